The number of esters is 1. The number of nitrogens with zero attached hydrogens (tertiary/aromatic N) is 2. The molecule has 0 aliphatic carbocycles. The van der Waals surface area contributed by atoms with Crippen molar-refractivity contribution in [3.8, 4) is 17.6 Å². The number of halogens is 1. The summed E-state index contributed by atoms with van der Waals surface area (Å²) in [5.74, 6) is -0.828. The lowest BCUT2D eigenvalue weighted by Crippen LogP contribution is -2.35. The Morgan fingerprint density at radius 1 is 1.14 bits per heavy atom. The van der Waals surface area contributed by atoms with Crippen molar-refractivity contribution in [1.29, 1.82) is 5.26 Å². The summed E-state index contributed by atoms with van der Waals surface area (Å²) in [4.78, 5) is 26.1. The van der Waals surface area contributed by atoms with Gasteiger partial charge in [-0.2, -0.15) is 5.26 Å². The maximum atomic E-state index is 13.1. The molecule has 0 fully saturated rings. The fourth-order valence-corrected chi connectivity index (χ4v) is 2.54. The van der Waals surface area contributed by atoms with Gasteiger partial charge in [-0.05, 0) is 49.4 Å². The predicted molar refractivity (Wildman–Crippen MR) is 103 cm³/mol. The number of rotatable bonds is 9. The lowest BCUT2D eigenvalue weighted by atomic mass is 10.2. The zero-order valence-corrected chi connectivity index (χ0v) is 16.2. The molecule has 0 saturated heterocycles. The molecule has 2 rings (SSSR count). The maximum Gasteiger partial charge on any atom is 0.338 e. The highest BCUT2D eigenvalue weighted by atomic mass is 19.1. The molecule has 0 saturated carbocycles. The number of carbonyl (C=O) groups is 2. The average Bonchev–Trinajstić information content (AvgIpc) is 2.73. The molecule has 1 amide bonds. The molecule has 8 heteroatoms. The van der Waals surface area contributed by atoms with Crippen molar-refractivity contribution in [3.05, 3.63) is 53.8 Å². The number of anilines is 1. The molecule has 0 aromatic heterocycles. The molecule has 2 aromatic rings. The number of nitriles is 1. The molecule has 0 unspecified atom stereocenters. The molecule has 0 atom stereocenters. The van der Waals surface area contributed by atoms with E-state index >= 15 is 0 Å². The summed E-state index contributed by atoms with van der Waals surface area (Å²) in [6.45, 7) is 1.83. The van der Waals surface area contributed by atoms with Gasteiger partial charge in [-0.25, -0.2) is 9.18 Å². The summed E-state index contributed by atoms with van der Waals surface area (Å²) in [5, 5.41) is 8.81. The van der Waals surface area contributed by atoms with Gasteiger partial charge in [0.25, 0.3) is 5.91 Å². The summed E-state index contributed by atoms with van der Waals surface area (Å²) < 4.78 is 28.8. The Morgan fingerprint density at radius 2 is 1.86 bits per heavy atom. The van der Waals surface area contributed by atoms with Crippen molar-refractivity contribution in [3.63, 3.8) is 0 Å². The van der Waals surface area contributed by atoms with Crippen LogP contribution in [0.25, 0.3) is 0 Å². The summed E-state index contributed by atoms with van der Waals surface area (Å²) in [5.41, 5.74) is 0.605. The van der Waals surface area contributed by atoms with Gasteiger partial charge in [0.2, 0.25) is 0 Å². The molecular formula is C21H21FN2O5. The van der Waals surface area contributed by atoms with Crippen molar-refractivity contribution in [2.45, 2.75) is 13.3 Å². The highest BCUT2D eigenvalue weighted by Crippen LogP contribution is 2.28. The van der Waals surface area contributed by atoms with Crippen molar-refractivity contribution in [2.75, 3.05) is 31.8 Å². The molecule has 0 N–H and O–H groups in total. The van der Waals surface area contributed by atoms with Crippen molar-refractivity contribution in [1.82, 2.24) is 0 Å². The van der Waals surface area contributed by atoms with Gasteiger partial charge in [-0.3, -0.25) is 4.79 Å². The van der Waals surface area contributed by atoms with Crippen molar-refractivity contribution >= 4 is 17.6 Å². The third kappa shape index (κ3) is 5.94. The quantitative estimate of drug-likeness (QED) is 0.600. The number of ether oxygens (including phenoxy) is 3. The van der Waals surface area contributed by atoms with Crippen molar-refractivity contribution < 1.29 is 28.2 Å². The van der Waals surface area contributed by atoms with Gasteiger partial charge in [0.1, 0.15) is 5.82 Å². The normalized spacial score (nSPS) is 10.0. The van der Waals surface area contributed by atoms with Gasteiger partial charge in [0.15, 0.2) is 18.1 Å². The third-order valence-electron chi connectivity index (χ3n) is 3.91. The van der Waals surface area contributed by atoms with Crippen LogP contribution in [0.3, 0.4) is 0 Å². The largest absolute Gasteiger partial charge is 0.493 e. The molecule has 0 spiro atoms. The van der Waals surface area contributed by atoms with E-state index in [1.165, 1.54) is 48.4 Å². The molecule has 2 aromatic carbocycles. The van der Waals surface area contributed by atoms with Gasteiger partial charge in [-0.15, -0.1) is 0 Å². The fourth-order valence-electron chi connectivity index (χ4n) is 2.54. The molecule has 0 aliphatic heterocycles. The van der Waals surface area contributed by atoms with E-state index < -0.39 is 24.3 Å². The third-order valence-corrected chi connectivity index (χ3v) is 3.91. The Kier molecular flexibility index (Phi) is 7.98. The van der Waals surface area contributed by atoms with Crippen LogP contribution in [-0.4, -0.2) is 38.7 Å². The number of amides is 1. The van der Waals surface area contributed by atoms with Gasteiger partial charge in [0.05, 0.1) is 31.8 Å². The van der Waals surface area contributed by atoms with Crippen molar-refractivity contribution in [2.24, 2.45) is 0 Å². The molecule has 7 nitrogen and oxygen atoms in total. The minimum atomic E-state index is -0.709. The second-order valence-electron chi connectivity index (χ2n) is 5.80. The number of carbonyl (C=O) groups excluding carboxylic acids is 2. The molecule has 0 aliphatic rings. The zero-order valence-electron chi connectivity index (χ0n) is 16.2. The van der Waals surface area contributed by atoms with Gasteiger partial charge in [-0.1, -0.05) is 0 Å². The van der Waals surface area contributed by atoms with Crippen LogP contribution in [0.4, 0.5) is 10.1 Å². The standard InChI is InChI=1S/C21H21FN2O5/c1-3-28-18-10-5-15(13-19(18)27-2)21(26)29-14-20(25)24(12-4-11-23)17-8-6-16(22)7-9-17/h5-10,13H,3-4,12,14H2,1-2H3. The summed E-state index contributed by atoms with van der Waals surface area (Å²) in [6, 6.07) is 11.8. The maximum absolute atomic E-state index is 13.1. The van der Waals surface area contributed by atoms with E-state index in [0.717, 1.165) is 0 Å². The first-order valence-corrected chi connectivity index (χ1v) is 8.91. The Hall–Kier alpha value is -3.60. The van der Waals surface area contributed by atoms with E-state index in [0.29, 0.717) is 23.8 Å². The highest BCUT2D eigenvalue weighted by molar-refractivity contribution is 5.97. The average molecular weight is 400 g/mol. The van der Waals surface area contributed by atoms with Crippen LogP contribution in [0.1, 0.15) is 23.7 Å². The molecule has 29 heavy (non-hydrogen) atoms. The first-order chi connectivity index (χ1) is 14.0. The Balaban J connectivity index is 2.07. The zero-order chi connectivity index (χ0) is 21.2. The van der Waals surface area contributed by atoms with Crippen LogP contribution < -0.4 is 14.4 Å². The SMILES string of the molecule is CCOc1ccc(C(=O)OCC(=O)N(CCC#N)c2ccc(F)cc2)cc1OC. The highest BCUT2D eigenvalue weighted by Gasteiger charge is 2.19. The van der Waals surface area contributed by atoms with E-state index in [2.05, 4.69) is 0 Å². The van der Waals surface area contributed by atoms with Crippen LogP contribution in [0, 0.1) is 17.1 Å². The minimum absolute atomic E-state index is 0.0765. The second-order valence-corrected chi connectivity index (χ2v) is 5.80. The first kappa shape index (κ1) is 21.7. The van der Waals surface area contributed by atoms with Gasteiger partial charge >= 0.3 is 5.97 Å². The number of hydrogen-bond acceptors (Lipinski definition) is 6. The molecule has 152 valence electrons. The lowest BCUT2D eigenvalue weighted by Gasteiger charge is -2.21. The molecule has 0 heterocycles. The van der Waals surface area contributed by atoms with E-state index in [1.54, 1.807) is 6.07 Å². The van der Waals surface area contributed by atoms with Crippen LogP contribution in [-0.2, 0) is 9.53 Å². The smallest absolute Gasteiger partial charge is 0.338 e. The van der Waals surface area contributed by atoms with Gasteiger partial charge in [0, 0.05) is 12.2 Å². The second kappa shape index (κ2) is 10.7. The lowest BCUT2D eigenvalue weighted by molar-refractivity contribution is -0.121. The number of benzene rings is 2. The Morgan fingerprint density at radius 3 is 2.48 bits per heavy atom. The Bertz CT molecular complexity index is 893. The van der Waals surface area contributed by atoms with E-state index in [1.807, 2.05) is 13.0 Å². The Labute approximate surface area is 168 Å². The summed E-state index contributed by atoms with van der Waals surface area (Å²) >= 11 is 0. The molecule has 0 radical (unpaired) electrons. The number of hydrogen-bond donors (Lipinski definition) is 0. The van der Waals surface area contributed by atoms with E-state index in [9.17, 15) is 14.0 Å². The monoisotopic (exact) mass is 400 g/mol. The molecular weight excluding hydrogens is 379 g/mol. The van der Waals surface area contributed by atoms with E-state index in [-0.39, 0.29) is 18.5 Å². The van der Waals surface area contributed by atoms with Crippen LogP contribution >= 0.6 is 0 Å². The molecule has 0 bridgehead atoms. The topological polar surface area (TPSA) is 88.9 Å². The van der Waals surface area contributed by atoms with Crippen LogP contribution in [0.15, 0.2) is 42.5 Å². The first-order valence-electron chi connectivity index (χ1n) is 8.91. The fraction of sp³-hybridized carbons (Fsp3) is 0.286. The van der Waals surface area contributed by atoms with Crippen LogP contribution in [0.5, 0.6) is 11.5 Å². The minimum Gasteiger partial charge on any atom is -0.493 e. The summed E-state index contributed by atoms with van der Waals surface area (Å²) in [6.07, 6.45) is 0.0765. The summed E-state index contributed by atoms with van der Waals surface area (Å²) in [7, 11) is 1.45. The number of methoxy groups -OCH3 is 1. The van der Waals surface area contributed by atoms with E-state index in [4.69, 9.17) is 19.5 Å². The predicted octanol–water partition coefficient (Wildman–Crippen LogP) is 3.34. The van der Waals surface area contributed by atoms with Crippen LogP contribution in [0.2, 0.25) is 0 Å². The van der Waals surface area contributed by atoms with Gasteiger partial charge < -0.3 is 19.1 Å².